The summed E-state index contributed by atoms with van der Waals surface area (Å²) in [5.74, 6) is 0.786. The molecule has 0 radical (unpaired) electrons. The molecule has 2 rings (SSSR count). The molecule has 98 valence electrons. The Kier molecular flexibility index (Phi) is 4.37. The number of aliphatic hydroxyl groups is 1. The Labute approximate surface area is 108 Å². The van der Waals surface area contributed by atoms with E-state index in [1.54, 1.807) is 0 Å². The molecule has 2 N–H and O–H groups in total. The molecule has 1 saturated carbocycles. The summed E-state index contributed by atoms with van der Waals surface area (Å²) in [5, 5.41) is 12.2. The van der Waals surface area contributed by atoms with Crippen LogP contribution in [0.25, 0.3) is 0 Å². The molecule has 1 fully saturated rings. The van der Waals surface area contributed by atoms with E-state index in [0.29, 0.717) is 23.9 Å². The summed E-state index contributed by atoms with van der Waals surface area (Å²) in [5.41, 5.74) is 1.81. The lowest BCUT2D eigenvalue weighted by Gasteiger charge is -2.17. The third kappa shape index (κ3) is 3.10. The van der Waals surface area contributed by atoms with Gasteiger partial charge in [-0.05, 0) is 43.7 Å². The first-order valence-corrected chi connectivity index (χ1v) is 6.66. The Morgan fingerprint density at radius 2 is 2.17 bits per heavy atom. The van der Waals surface area contributed by atoms with Crippen molar-refractivity contribution in [2.75, 3.05) is 13.2 Å². The first-order valence-electron chi connectivity index (χ1n) is 6.66. The number of hydrogen-bond acceptors (Lipinski definition) is 2. The number of carbonyl (C=O) groups is 1. The van der Waals surface area contributed by atoms with Gasteiger partial charge in [-0.3, -0.25) is 4.79 Å². The monoisotopic (exact) mass is 247 g/mol. The van der Waals surface area contributed by atoms with Gasteiger partial charge in [0.05, 0.1) is 0 Å². The van der Waals surface area contributed by atoms with Crippen molar-refractivity contribution in [1.82, 2.24) is 5.32 Å². The Morgan fingerprint density at radius 1 is 1.39 bits per heavy atom. The van der Waals surface area contributed by atoms with Crippen LogP contribution in [-0.4, -0.2) is 24.2 Å². The zero-order chi connectivity index (χ0) is 13.0. The van der Waals surface area contributed by atoms with Crippen LogP contribution in [0.3, 0.4) is 0 Å². The Balaban J connectivity index is 1.88. The lowest BCUT2D eigenvalue weighted by atomic mass is 9.97. The highest BCUT2D eigenvalue weighted by molar-refractivity contribution is 5.94. The molecular formula is C15H21NO2. The molecular weight excluding hydrogens is 226 g/mol. The van der Waals surface area contributed by atoms with Crippen LogP contribution in [0, 0.1) is 18.8 Å². The molecule has 0 aliphatic heterocycles. The van der Waals surface area contributed by atoms with Crippen LogP contribution in [0.15, 0.2) is 24.3 Å². The summed E-state index contributed by atoms with van der Waals surface area (Å²) in [6.07, 6.45) is 3.36. The highest BCUT2D eigenvalue weighted by Crippen LogP contribution is 2.30. The van der Waals surface area contributed by atoms with Crippen molar-refractivity contribution in [2.45, 2.75) is 26.2 Å². The van der Waals surface area contributed by atoms with Gasteiger partial charge in [0.15, 0.2) is 0 Å². The maximum absolute atomic E-state index is 12.0. The maximum atomic E-state index is 12.0. The van der Waals surface area contributed by atoms with Gasteiger partial charge in [-0.1, -0.05) is 24.1 Å². The Morgan fingerprint density at radius 3 is 2.89 bits per heavy atom. The van der Waals surface area contributed by atoms with E-state index >= 15 is 0 Å². The average molecular weight is 247 g/mol. The molecule has 3 heteroatoms. The summed E-state index contributed by atoms with van der Waals surface area (Å²) in [4.78, 5) is 12.0. The molecule has 0 heterocycles. The van der Waals surface area contributed by atoms with E-state index in [0.717, 1.165) is 24.8 Å². The Bertz CT molecular complexity index is 417. The largest absolute Gasteiger partial charge is 0.396 e. The van der Waals surface area contributed by atoms with Gasteiger partial charge >= 0.3 is 0 Å². The number of nitrogens with one attached hydrogen (secondary N) is 1. The molecule has 2 unspecified atom stereocenters. The minimum atomic E-state index is -0.0118. The molecule has 1 aromatic carbocycles. The van der Waals surface area contributed by atoms with E-state index in [1.165, 1.54) is 0 Å². The van der Waals surface area contributed by atoms with Crippen LogP contribution in [0.5, 0.6) is 0 Å². The van der Waals surface area contributed by atoms with Gasteiger partial charge < -0.3 is 10.4 Å². The van der Waals surface area contributed by atoms with Crippen molar-refractivity contribution >= 4 is 5.91 Å². The molecule has 0 saturated heterocycles. The summed E-state index contributed by atoms with van der Waals surface area (Å²) < 4.78 is 0. The Hall–Kier alpha value is -1.35. The first kappa shape index (κ1) is 13.1. The van der Waals surface area contributed by atoms with Crippen LogP contribution in [-0.2, 0) is 0 Å². The zero-order valence-electron chi connectivity index (χ0n) is 10.9. The minimum absolute atomic E-state index is 0.0118. The molecule has 0 bridgehead atoms. The predicted molar refractivity (Wildman–Crippen MR) is 71.4 cm³/mol. The van der Waals surface area contributed by atoms with Gasteiger partial charge in [-0.2, -0.15) is 0 Å². The number of amides is 1. The van der Waals surface area contributed by atoms with Crippen molar-refractivity contribution in [3.05, 3.63) is 35.4 Å². The number of aliphatic hydroxyl groups excluding tert-OH is 1. The molecule has 2 atom stereocenters. The summed E-state index contributed by atoms with van der Waals surface area (Å²) in [7, 11) is 0. The third-order valence-corrected chi connectivity index (χ3v) is 3.86. The van der Waals surface area contributed by atoms with Crippen LogP contribution in [0.1, 0.15) is 35.2 Å². The van der Waals surface area contributed by atoms with Crippen LogP contribution in [0.4, 0.5) is 0 Å². The topological polar surface area (TPSA) is 49.3 Å². The number of hydrogen-bond donors (Lipinski definition) is 2. The second-order valence-electron chi connectivity index (χ2n) is 5.21. The molecule has 0 aromatic heterocycles. The summed E-state index contributed by atoms with van der Waals surface area (Å²) in [6.45, 7) is 2.90. The molecule has 1 amide bonds. The average Bonchev–Trinajstić information content (AvgIpc) is 2.83. The van der Waals surface area contributed by atoms with Crippen molar-refractivity contribution in [3.8, 4) is 0 Å². The standard InChI is InChI=1S/C15H21NO2/c1-11-4-2-5-12(8-11)15(18)16-9-13-6-3-7-14(13)10-17/h2,4-5,8,13-14,17H,3,6-7,9-10H2,1H3,(H,16,18). The molecule has 1 aliphatic rings. The van der Waals surface area contributed by atoms with Crippen molar-refractivity contribution in [3.63, 3.8) is 0 Å². The van der Waals surface area contributed by atoms with Gasteiger partial charge in [0.1, 0.15) is 0 Å². The van der Waals surface area contributed by atoms with Crippen molar-refractivity contribution < 1.29 is 9.90 Å². The van der Waals surface area contributed by atoms with Gasteiger partial charge in [0.2, 0.25) is 0 Å². The summed E-state index contributed by atoms with van der Waals surface area (Å²) >= 11 is 0. The van der Waals surface area contributed by atoms with Gasteiger partial charge in [-0.15, -0.1) is 0 Å². The van der Waals surface area contributed by atoms with E-state index in [4.69, 9.17) is 0 Å². The molecule has 18 heavy (non-hydrogen) atoms. The zero-order valence-corrected chi connectivity index (χ0v) is 10.9. The molecule has 1 aromatic rings. The van der Waals surface area contributed by atoms with Gasteiger partial charge in [0.25, 0.3) is 5.91 Å². The normalized spacial score (nSPS) is 23.0. The first-order chi connectivity index (χ1) is 8.70. The van der Waals surface area contributed by atoms with E-state index in [9.17, 15) is 9.90 Å². The van der Waals surface area contributed by atoms with E-state index in [2.05, 4.69) is 5.32 Å². The number of carbonyl (C=O) groups excluding carboxylic acids is 1. The lowest BCUT2D eigenvalue weighted by molar-refractivity contribution is 0.0937. The van der Waals surface area contributed by atoms with Crippen molar-refractivity contribution in [2.24, 2.45) is 11.8 Å². The van der Waals surface area contributed by atoms with Crippen molar-refractivity contribution in [1.29, 1.82) is 0 Å². The number of rotatable bonds is 4. The fourth-order valence-corrected chi connectivity index (χ4v) is 2.73. The minimum Gasteiger partial charge on any atom is -0.396 e. The molecule has 3 nitrogen and oxygen atoms in total. The second kappa shape index (κ2) is 6.01. The van der Waals surface area contributed by atoms with E-state index in [1.807, 2.05) is 31.2 Å². The van der Waals surface area contributed by atoms with E-state index in [-0.39, 0.29) is 12.5 Å². The second-order valence-corrected chi connectivity index (χ2v) is 5.21. The quantitative estimate of drug-likeness (QED) is 0.856. The van der Waals surface area contributed by atoms with Gasteiger partial charge in [-0.25, -0.2) is 0 Å². The SMILES string of the molecule is Cc1cccc(C(=O)NCC2CCCC2CO)c1. The van der Waals surface area contributed by atoms with Crippen LogP contribution >= 0.6 is 0 Å². The predicted octanol–water partition coefficient (Wildman–Crippen LogP) is 2.13. The fourth-order valence-electron chi connectivity index (χ4n) is 2.73. The highest BCUT2D eigenvalue weighted by Gasteiger charge is 2.26. The van der Waals surface area contributed by atoms with E-state index < -0.39 is 0 Å². The molecule has 0 spiro atoms. The molecule has 1 aliphatic carbocycles. The third-order valence-electron chi connectivity index (χ3n) is 3.86. The highest BCUT2D eigenvalue weighted by atomic mass is 16.3. The van der Waals surface area contributed by atoms with Crippen LogP contribution in [0.2, 0.25) is 0 Å². The number of aryl methyl sites for hydroxylation is 1. The lowest BCUT2D eigenvalue weighted by Crippen LogP contribution is -2.31. The number of benzene rings is 1. The van der Waals surface area contributed by atoms with Gasteiger partial charge in [0, 0.05) is 18.7 Å². The maximum Gasteiger partial charge on any atom is 0.251 e. The van der Waals surface area contributed by atoms with Crippen LogP contribution < -0.4 is 5.32 Å². The smallest absolute Gasteiger partial charge is 0.251 e. The summed E-state index contributed by atoms with van der Waals surface area (Å²) in [6, 6.07) is 7.61. The fraction of sp³-hybridized carbons (Fsp3) is 0.533.